The summed E-state index contributed by atoms with van der Waals surface area (Å²) in [4.78, 5) is 36.0. The van der Waals surface area contributed by atoms with Crippen molar-refractivity contribution < 1.29 is 29.3 Å². The van der Waals surface area contributed by atoms with Crippen molar-refractivity contribution in [3.8, 4) is 11.1 Å². The van der Waals surface area contributed by atoms with E-state index in [1.807, 2.05) is 50.2 Å². The van der Waals surface area contributed by atoms with Crippen molar-refractivity contribution in [3.63, 3.8) is 0 Å². The van der Waals surface area contributed by atoms with Gasteiger partial charge in [-0.25, -0.2) is 9.59 Å². The van der Waals surface area contributed by atoms with E-state index in [9.17, 15) is 19.5 Å². The average molecular weight is 455 g/mol. The third-order valence-electron chi connectivity index (χ3n) is 6.49. The first-order valence-electron chi connectivity index (χ1n) is 11.1. The molecule has 1 unspecified atom stereocenters. The predicted molar refractivity (Wildman–Crippen MR) is 123 cm³/mol. The summed E-state index contributed by atoms with van der Waals surface area (Å²) in [7, 11) is 0. The second-order valence-corrected chi connectivity index (χ2v) is 8.23. The van der Waals surface area contributed by atoms with E-state index in [2.05, 4.69) is 22.8 Å². The van der Waals surface area contributed by atoms with Gasteiger partial charge in [0.2, 0.25) is 5.91 Å². The molecule has 2 aromatic rings. The molecule has 3 rings (SSSR count). The van der Waals surface area contributed by atoms with Gasteiger partial charge in [-0.05, 0) is 35.1 Å². The summed E-state index contributed by atoms with van der Waals surface area (Å²) in [6, 6.07) is 16.1. The molecule has 0 saturated carbocycles. The van der Waals surface area contributed by atoms with E-state index in [1.54, 1.807) is 0 Å². The molecule has 4 N–H and O–H groups in total. The number of rotatable bonds is 10. The molecule has 0 aromatic heterocycles. The van der Waals surface area contributed by atoms with Gasteiger partial charge in [0.1, 0.15) is 6.61 Å². The summed E-state index contributed by atoms with van der Waals surface area (Å²) in [6.07, 6.45) is -1.47. The lowest BCUT2D eigenvalue weighted by Gasteiger charge is -2.30. The Morgan fingerprint density at radius 3 is 2.03 bits per heavy atom. The molecule has 0 heterocycles. The summed E-state index contributed by atoms with van der Waals surface area (Å²) >= 11 is 0. The highest BCUT2D eigenvalue weighted by Gasteiger charge is 2.36. The van der Waals surface area contributed by atoms with Crippen LogP contribution in [-0.4, -0.2) is 54.0 Å². The van der Waals surface area contributed by atoms with Gasteiger partial charge in [-0.15, -0.1) is 0 Å². The zero-order valence-electron chi connectivity index (χ0n) is 18.8. The molecule has 0 bridgehead atoms. The molecule has 0 saturated heterocycles. The Morgan fingerprint density at radius 2 is 1.52 bits per heavy atom. The monoisotopic (exact) mass is 454 g/mol. The molecule has 8 heteroatoms. The van der Waals surface area contributed by atoms with Gasteiger partial charge in [0.25, 0.3) is 0 Å². The van der Waals surface area contributed by atoms with Crippen molar-refractivity contribution in [2.24, 2.45) is 5.41 Å². The lowest BCUT2D eigenvalue weighted by atomic mass is 9.81. The minimum absolute atomic E-state index is 0.0334. The number of benzene rings is 2. The Kier molecular flexibility index (Phi) is 7.71. The molecule has 0 fully saturated rings. The first kappa shape index (κ1) is 24.3. The van der Waals surface area contributed by atoms with Crippen molar-refractivity contribution in [2.75, 3.05) is 19.7 Å². The van der Waals surface area contributed by atoms with Crippen LogP contribution in [0.4, 0.5) is 4.79 Å². The van der Waals surface area contributed by atoms with E-state index in [-0.39, 0.29) is 19.1 Å². The van der Waals surface area contributed by atoms with Gasteiger partial charge >= 0.3 is 12.1 Å². The van der Waals surface area contributed by atoms with Gasteiger partial charge in [0.05, 0.1) is 12.0 Å². The van der Waals surface area contributed by atoms with Crippen molar-refractivity contribution in [1.29, 1.82) is 0 Å². The number of amides is 2. The smallest absolute Gasteiger partial charge is 0.407 e. The number of hydrogen-bond acceptors (Lipinski definition) is 5. The fourth-order valence-corrected chi connectivity index (χ4v) is 4.26. The number of carbonyl (C=O) groups excluding carboxylic acids is 2. The molecular weight excluding hydrogens is 424 g/mol. The maximum atomic E-state index is 12.7. The minimum atomic E-state index is -1.68. The summed E-state index contributed by atoms with van der Waals surface area (Å²) in [5.41, 5.74) is 3.55. The number of ether oxygens (including phenoxy) is 1. The summed E-state index contributed by atoms with van der Waals surface area (Å²) < 4.78 is 5.53. The number of aliphatic hydroxyl groups is 1. The Hall–Kier alpha value is -3.39. The molecule has 33 heavy (non-hydrogen) atoms. The van der Waals surface area contributed by atoms with E-state index in [4.69, 9.17) is 9.84 Å². The van der Waals surface area contributed by atoms with Gasteiger partial charge in [-0.2, -0.15) is 0 Å². The van der Waals surface area contributed by atoms with Gasteiger partial charge in [-0.1, -0.05) is 62.4 Å². The Morgan fingerprint density at radius 1 is 0.970 bits per heavy atom. The zero-order chi connectivity index (χ0) is 24.0. The Labute approximate surface area is 193 Å². The molecule has 2 aromatic carbocycles. The number of fused-ring (bicyclic) bond motifs is 3. The van der Waals surface area contributed by atoms with Crippen LogP contribution in [0.2, 0.25) is 0 Å². The summed E-state index contributed by atoms with van der Waals surface area (Å²) in [6.45, 7) is 3.43. The highest BCUT2D eigenvalue weighted by Crippen LogP contribution is 2.44. The summed E-state index contributed by atoms with van der Waals surface area (Å²) in [5.74, 6) is -1.90. The van der Waals surface area contributed by atoms with E-state index in [0.717, 1.165) is 22.3 Å². The van der Waals surface area contributed by atoms with Crippen LogP contribution < -0.4 is 10.6 Å². The highest BCUT2D eigenvalue weighted by atomic mass is 16.5. The van der Waals surface area contributed by atoms with Crippen LogP contribution in [0.15, 0.2) is 48.5 Å². The number of aliphatic hydroxyl groups excluding tert-OH is 1. The minimum Gasteiger partial charge on any atom is -0.479 e. The van der Waals surface area contributed by atoms with E-state index in [0.29, 0.717) is 12.8 Å². The topological polar surface area (TPSA) is 125 Å². The quantitative estimate of drug-likeness (QED) is 0.438. The second kappa shape index (κ2) is 10.5. The number of carboxylic acids is 1. The fourth-order valence-electron chi connectivity index (χ4n) is 4.26. The normalized spacial score (nSPS) is 13.5. The molecule has 2 amide bonds. The van der Waals surface area contributed by atoms with Crippen LogP contribution in [0.1, 0.15) is 43.7 Å². The molecule has 8 nitrogen and oxygen atoms in total. The van der Waals surface area contributed by atoms with Crippen LogP contribution in [0.3, 0.4) is 0 Å². The lowest BCUT2D eigenvalue weighted by Crippen LogP contribution is -2.50. The second-order valence-electron chi connectivity index (χ2n) is 8.23. The number of carboxylic acid groups (broad SMARTS) is 1. The number of nitrogens with one attached hydrogen (secondary N) is 2. The van der Waals surface area contributed by atoms with E-state index in [1.165, 1.54) is 0 Å². The van der Waals surface area contributed by atoms with E-state index >= 15 is 0 Å². The largest absolute Gasteiger partial charge is 0.479 e. The molecule has 1 aliphatic rings. The van der Waals surface area contributed by atoms with Crippen molar-refractivity contribution in [1.82, 2.24) is 10.6 Å². The summed E-state index contributed by atoms with van der Waals surface area (Å²) in [5, 5.41) is 23.4. The molecule has 0 aliphatic heterocycles. The zero-order valence-corrected chi connectivity index (χ0v) is 18.8. The third-order valence-corrected chi connectivity index (χ3v) is 6.49. The van der Waals surface area contributed by atoms with Crippen LogP contribution in [0.5, 0.6) is 0 Å². The van der Waals surface area contributed by atoms with Crippen LogP contribution >= 0.6 is 0 Å². The highest BCUT2D eigenvalue weighted by molar-refractivity contribution is 5.84. The predicted octanol–water partition coefficient (Wildman–Crippen LogP) is 2.89. The Balaban J connectivity index is 1.60. The first-order valence-corrected chi connectivity index (χ1v) is 11.1. The van der Waals surface area contributed by atoms with Crippen molar-refractivity contribution in [3.05, 3.63) is 59.7 Å². The van der Waals surface area contributed by atoms with E-state index < -0.39 is 36.0 Å². The number of alkyl carbamates (subject to hydrolysis) is 1. The molecule has 1 aliphatic carbocycles. The molecule has 176 valence electrons. The van der Waals surface area contributed by atoms with Crippen molar-refractivity contribution >= 4 is 18.0 Å². The van der Waals surface area contributed by atoms with Crippen LogP contribution in [0, 0.1) is 5.41 Å². The van der Waals surface area contributed by atoms with Crippen LogP contribution in [0.25, 0.3) is 11.1 Å². The maximum absolute atomic E-state index is 12.7. The Bertz CT molecular complexity index is 972. The van der Waals surface area contributed by atoms with Crippen molar-refractivity contribution in [2.45, 2.75) is 38.7 Å². The van der Waals surface area contributed by atoms with Gasteiger partial charge < -0.3 is 25.6 Å². The number of hydrogen-bond donors (Lipinski definition) is 4. The molecule has 1 atom stereocenters. The molecule has 0 spiro atoms. The third kappa shape index (κ3) is 5.17. The fraction of sp³-hybridized carbons (Fsp3) is 0.400. The SMILES string of the molecule is CCC(CC)(CNC(=O)OCC1c2ccccc2-c2ccccc21)C(=O)NCC(O)C(=O)O. The molecular formula is C25H30N2O6. The van der Waals surface area contributed by atoms with Gasteiger partial charge in [-0.3, -0.25) is 4.79 Å². The van der Waals surface area contributed by atoms with Gasteiger partial charge in [0.15, 0.2) is 6.10 Å². The average Bonchev–Trinajstić information content (AvgIpc) is 3.15. The molecule has 0 radical (unpaired) electrons. The number of carbonyl (C=O) groups is 3. The van der Waals surface area contributed by atoms with Crippen LogP contribution in [-0.2, 0) is 14.3 Å². The van der Waals surface area contributed by atoms with Gasteiger partial charge in [0, 0.05) is 12.5 Å². The lowest BCUT2D eigenvalue weighted by molar-refractivity contribution is -0.146. The standard InChI is InChI=1S/C25H30N2O6/c1-3-25(4-2,23(31)26-13-21(28)22(29)30)15-27-24(32)33-14-20-18-11-7-5-9-16(18)17-10-6-8-12-19(17)20/h5-12,20-21,28H,3-4,13-15H2,1-2H3,(H,26,31)(H,27,32)(H,29,30). The first-order chi connectivity index (χ1) is 15.8. The number of aliphatic carboxylic acids is 1. The maximum Gasteiger partial charge on any atom is 0.407 e.